The quantitative estimate of drug-likeness (QED) is 0.801. The topological polar surface area (TPSA) is 46.6 Å². The van der Waals surface area contributed by atoms with Crippen LogP contribution in [0.3, 0.4) is 0 Å². The normalized spacial score (nSPS) is 13.1. The van der Waals surface area contributed by atoms with Gasteiger partial charge in [0.2, 0.25) is 0 Å². The molecule has 0 saturated carbocycles. The molecule has 3 rings (SSSR count). The third-order valence-electron chi connectivity index (χ3n) is 3.70. The van der Waals surface area contributed by atoms with E-state index in [1.165, 1.54) is 18.4 Å². The average molecular weight is 301 g/mol. The predicted molar refractivity (Wildman–Crippen MR) is 82.2 cm³/mol. The lowest BCUT2D eigenvalue weighted by Crippen LogP contribution is -2.28. The summed E-state index contributed by atoms with van der Waals surface area (Å²) in [4.78, 5) is 26.7. The van der Waals surface area contributed by atoms with Crippen molar-refractivity contribution in [1.82, 2.24) is 0 Å². The molecule has 0 unspecified atom stereocenters. The second-order valence-electron chi connectivity index (χ2n) is 4.97. The summed E-state index contributed by atoms with van der Waals surface area (Å²) in [7, 11) is 1.37. The van der Waals surface area contributed by atoms with Gasteiger partial charge in [-0.2, -0.15) is 0 Å². The zero-order valence-electron chi connectivity index (χ0n) is 11.9. The molecule has 0 N–H and O–H groups in total. The molecule has 1 amide bonds. The molecule has 2 aromatic rings. The Balaban J connectivity index is 1.92. The van der Waals surface area contributed by atoms with E-state index < -0.39 is 0 Å². The van der Waals surface area contributed by atoms with Crippen molar-refractivity contribution in [3.63, 3.8) is 0 Å². The van der Waals surface area contributed by atoms with E-state index in [1.807, 2.05) is 30.5 Å². The molecule has 21 heavy (non-hydrogen) atoms. The maximum Gasteiger partial charge on any atom is 0.337 e. The van der Waals surface area contributed by atoms with Gasteiger partial charge in [-0.25, -0.2) is 4.79 Å². The summed E-state index contributed by atoms with van der Waals surface area (Å²) in [6.45, 7) is 2.59. The van der Waals surface area contributed by atoms with Gasteiger partial charge in [-0.1, -0.05) is 0 Å². The van der Waals surface area contributed by atoms with Gasteiger partial charge in [0.25, 0.3) is 5.91 Å². The third-order valence-corrected chi connectivity index (χ3v) is 4.70. The minimum atomic E-state index is -0.350. The molecule has 0 radical (unpaired) electrons. The fraction of sp³-hybridized carbons (Fsp3) is 0.250. The van der Waals surface area contributed by atoms with Crippen molar-refractivity contribution in [1.29, 1.82) is 0 Å². The highest BCUT2D eigenvalue weighted by molar-refractivity contribution is 7.12. The van der Waals surface area contributed by atoms with Crippen molar-refractivity contribution >= 4 is 28.9 Å². The molecule has 108 valence electrons. The number of carbonyl (C=O) groups is 2. The van der Waals surface area contributed by atoms with Crippen molar-refractivity contribution in [2.24, 2.45) is 0 Å². The van der Waals surface area contributed by atoms with Crippen LogP contribution in [0, 0.1) is 6.92 Å². The highest BCUT2D eigenvalue weighted by Crippen LogP contribution is 2.31. The second kappa shape index (κ2) is 5.33. The first kappa shape index (κ1) is 13.8. The number of hydrogen-bond donors (Lipinski definition) is 0. The van der Waals surface area contributed by atoms with Gasteiger partial charge < -0.3 is 9.64 Å². The fourth-order valence-electron chi connectivity index (χ4n) is 2.57. The zero-order valence-corrected chi connectivity index (χ0v) is 12.7. The van der Waals surface area contributed by atoms with Crippen LogP contribution in [0.1, 0.15) is 31.2 Å². The first-order valence-corrected chi connectivity index (χ1v) is 7.57. The molecule has 0 atom stereocenters. The molecule has 4 nitrogen and oxygen atoms in total. The number of ether oxygens (including phenoxy) is 1. The summed E-state index contributed by atoms with van der Waals surface area (Å²) in [5.41, 5.74) is 3.43. The van der Waals surface area contributed by atoms with Crippen LogP contribution < -0.4 is 4.90 Å². The molecule has 1 aliphatic rings. The molecule has 0 saturated heterocycles. The molecule has 1 aromatic carbocycles. The minimum absolute atomic E-state index is 0.0343. The van der Waals surface area contributed by atoms with E-state index in [4.69, 9.17) is 4.74 Å². The number of amides is 1. The van der Waals surface area contributed by atoms with Crippen molar-refractivity contribution in [2.45, 2.75) is 13.3 Å². The molecule has 0 spiro atoms. The van der Waals surface area contributed by atoms with Crippen LogP contribution in [0.4, 0.5) is 5.69 Å². The van der Waals surface area contributed by atoms with Gasteiger partial charge in [-0.3, -0.25) is 4.79 Å². The third kappa shape index (κ3) is 2.34. The van der Waals surface area contributed by atoms with Crippen LogP contribution in [0.15, 0.2) is 29.6 Å². The van der Waals surface area contributed by atoms with E-state index in [0.717, 1.165) is 28.1 Å². The number of carbonyl (C=O) groups excluding carboxylic acids is 2. The van der Waals surface area contributed by atoms with E-state index in [0.29, 0.717) is 12.1 Å². The Kier molecular flexibility index (Phi) is 3.51. The van der Waals surface area contributed by atoms with Gasteiger partial charge >= 0.3 is 5.97 Å². The maximum absolute atomic E-state index is 12.6. The van der Waals surface area contributed by atoms with Crippen molar-refractivity contribution in [3.05, 3.63) is 51.2 Å². The number of benzene rings is 1. The van der Waals surface area contributed by atoms with E-state index in [1.54, 1.807) is 11.0 Å². The first-order valence-electron chi connectivity index (χ1n) is 6.69. The van der Waals surface area contributed by atoms with Crippen LogP contribution in [-0.2, 0) is 11.2 Å². The van der Waals surface area contributed by atoms with Crippen LogP contribution in [0.25, 0.3) is 0 Å². The summed E-state index contributed by atoms with van der Waals surface area (Å²) in [5.74, 6) is -0.316. The van der Waals surface area contributed by atoms with Gasteiger partial charge in [-0.05, 0) is 54.1 Å². The summed E-state index contributed by atoms with van der Waals surface area (Å²) >= 11 is 1.47. The molecular formula is C16H15NO3S. The molecule has 0 aliphatic carbocycles. The second-order valence-corrected chi connectivity index (χ2v) is 5.89. The summed E-state index contributed by atoms with van der Waals surface area (Å²) < 4.78 is 4.73. The van der Waals surface area contributed by atoms with E-state index >= 15 is 0 Å². The molecule has 5 heteroatoms. The van der Waals surface area contributed by atoms with Crippen LogP contribution in [0.2, 0.25) is 0 Å². The number of nitrogens with zero attached hydrogens (tertiary/aromatic N) is 1. The number of methoxy groups -OCH3 is 1. The Morgan fingerprint density at radius 2 is 2.10 bits per heavy atom. The van der Waals surface area contributed by atoms with Gasteiger partial charge in [0.1, 0.15) is 0 Å². The Hall–Kier alpha value is -2.14. The van der Waals surface area contributed by atoms with Crippen molar-refractivity contribution in [2.75, 3.05) is 18.6 Å². The number of hydrogen-bond acceptors (Lipinski definition) is 4. The number of thiophene rings is 1. The minimum Gasteiger partial charge on any atom is -0.465 e. The predicted octanol–water partition coefficient (Wildman–Crippen LogP) is 3.05. The van der Waals surface area contributed by atoms with Gasteiger partial charge in [-0.15, -0.1) is 11.3 Å². The van der Waals surface area contributed by atoms with Crippen molar-refractivity contribution < 1.29 is 14.3 Å². The molecular weight excluding hydrogens is 286 g/mol. The summed E-state index contributed by atoms with van der Waals surface area (Å²) in [5, 5.41) is 1.93. The maximum atomic E-state index is 12.6. The van der Waals surface area contributed by atoms with Crippen molar-refractivity contribution in [3.8, 4) is 0 Å². The Labute approximate surface area is 127 Å². The zero-order chi connectivity index (χ0) is 15.0. The van der Waals surface area contributed by atoms with Crippen LogP contribution in [-0.4, -0.2) is 25.5 Å². The smallest absolute Gasteiger partial charge is 0.337 e. The Bertz CT molecular complexity index is 720. The number of esters is 1. The van der Waals surface area contributed by atoms with Gasteiger partial charge in [0.15, 0.2) is 0 Å². The molecule has 2 heterocycles. The van der Waals surface area contributed by atoms with Gasteiger partial charge in [0.05, 0.1) is 17.6 Å². The highest BCUT2D eigenvalue weighted by Gasteiger charge is 2.27. The molecule has 0 fully saturated rings. The molecule has 1 aliphatic heterocycles. The van der Waals surface area contributed by atoms with E-state index in [2.05, 4.69) is 0 Å². The monoisotopic (exact) mass is 301 g/mol. The number of anilines is 1. The van der Waals surface area contributed by atoms with Gasteiger partial charge in [0, 0.05) is 12.2 Å². The number of rotatable bonds is 2. The largest absolute Gasteiger partial charge is 0.465 e. The number of fused-ring (bicyclic) bond motifs is 1. The summed E-state index contributed by atoms with van der Waals surface area (Å²) in [6.07, 6.45) is 0.760. The lowest BCUT2D eigenvalue weighted by molar-refractivity contribution is 0.0600. The highest BCUT2D eigenvalue weighted by atomic mass is 32.1. The molecule has 0 bridgehead atoms. The Morgan fingerprint density at radius 3 is 2.76 bits per heavy atom. The Morgan fingerprint density at radius 1 is 1.29 bits per heavy atom. The van der Waals surface area contributed by atoms with E-state index in [-0.39, 0.29) is 11.9 Å². The standard InChI is InChI=1S/C16H15NO3S/c1-10-6-8-21-14(10)15(18)17-7-5-11-9-12(16(19)20-2)3-4-13(11)17/h3-4,6,8-9H,5,7H2,1-2H3. The summed E-state index contributed by atoms with van der Waals surface area (Å²) in [6, 6.07) is 7.30. The fourth-order valence-corrected chi connectivity index (χ4v) is 3.45. The van der Waals surface area contributed by atoms with Crippen LogP contribution >= 0.6 is 11.3 Å². The lowest BCUT2D eigenvalue weighted by atomic mass is 10.1. The molecule has 1 aromatic heterocycles. The van der Waals surface area contributed by atoms with E-state index in [9.17, 15) is 9.59 Å². The average Bonchev–Trinajstić information content (AvgIpc) is 3.11. The lowest BCUT2D eigenvalue weighted by Gasteiger charge is -2.17. The first-order chi connectivity index (χ1) is 10.1. The SMILES string of the molecule is COC(=O)c1ccc2c(c1)CCN2C(=O)c1sccc1C. The number of aryl methyl sites for hydroxylation is 1. The van der Waals surface area contributed by atoms with Crippen LogP contribution in [0.5, 0.6) is 0 Å².